The van der Waals surface area contributed by atoms with Crippen LogP contribution in [0.5, 0.6) is 0 Å². The third-order valence-corrected chi connectivity index (χ3v) is 2.77. The quantitative estimate of drug-likeness (QED) is 0.790. The first-order chi connectivity index (χ1) is 7.76. The lowest BCUT2D eigenvalue weighted by atomic mass is 10.1. The van der Waals surface area contributed by atoms with Crippen LogP contribution in [0.3, 0.4) is 0 Å². The van der Waals surface area contributed by atoms with Gasteiger partial charge in [0.1, 0.15) is 6.54 Å². The lowest BCUT2D eigenvalue weighted by molar-refractivity contribution is -0.167. The zero-order chi connectivity index (χ0) is 13.6. The highest BCUT2D eigenvalue weighted by Gasteiger charge is 2.36. The third kappa shape index (κ3) is 5.39. The van der Waals surface area contributed by atoms with Gasteiger partial charge in [0.25, 0.3) is 0 Å². The third-order valence-electron chi connectivity index (χ3n) is 2.77. The Morgan fingerprint density at radius 1 is 1.18 bits per heavy atom. The summed E-state index contributed by atoms with van der Waals surface area (Å²) < 4.78 is 37.3. The Labute approximate surface area is 100 Å². The van der Waals surface area contributed by atoms with Gasteiger partial charge in [0.05, 0.1) is 6.04 Å². The van der Waals surface area contributed by atoms with E-state index in [-0.39, 0.29) is 0 Å². The first-order valence-electron chi connectivity index (χ1n) is 5.89. The van der Waals surface area contributed by atoms with E-state index in [0.29, 0.717) is 19.3 Å². The molecule has 0 saturated heterocycles. The Kier molecular flexibility index (Phi) is 6.52. The van der Waals surface area contributed by atoms with E-state index >= 15 is 0 Å². The Bertz CT molecular complexity index is 239. The molecule has 1 atom stereocenters. The molecular weight excluding hydrogens is 233 g/mol. The predicted octanol–water partition coefficient (Wildman–Crippen LogP) is 2.30. The number of nitrogens with zero attached hydrogens (tertiary/aromatic N) is 1. The molecule has 0 aliphatic carbocycles. The number of carbonyl (C=O) groups is 1. The Morgan fingerprint density at radius 3 is 1.94 bits per heavy atom. The smallest absolute Gasteiger partial charge is 0.329 e. The molecule has 6 heteroatoms. The van der Waals surface area contributed by atoms with Crippen molar-refractivity contribution in [3.8, 4) is 0 Å². The molecule has 0 bridgehead atoms. The molecule has 17 heavy (non-hydrogen) atoms. The minimum absolute atomic E-state index is 0.341. The van der Waals surface area contributed by atoms with Crippen molar-refractivity contribution >= 4 is 5.91 Å². The summed E-state index contributed by atoms with van der Waals surface area (Å²) in [5, 5.41) is 0. The highest BCUT2D eigenvalue weighted by Crippen LogP contribution is 2.21. The first kappa shape index (κ1) is 16.2. The highest BCUT2D eigenvalue weighted by molar-refractivity contribution is 5.81. The second kappa shape index (κ2) is 6.83. The second-order valence-electron chi connectivity index (χ2n) is 4.07. The molecule has 0 unspecified atom stereocenters. The minimum atomic E-state index is -4.38. The molecule has 0 rings (SSSR count). The van der Waals surface area contributed by atoms with E-state index in [4.69, 9.17) is 5.73 Å². The van der Waals surface area contributed by atoms with Crippen molar-refractivity contribution < 1.29 is 18.0 Å². The molecule has 0 aromatic carbocycles. The summed E-state index contributed by atoms with van der Waals surface area (Å²) in [6, 6.07) is -1.25. The van der Waals surface area contributed by atoms with Gasteiger partial charge in [-0.2, -0.15) is 13.2 Å². The normalized spacial score (nSPS) is 13.9. The van der Waals surface area contributed by atoms with E-state index in [9.17, 15) is 18.0 Å². The van der Waals surface area contributed by atoms with Crippen molar-refractivity contribution in [1.82, 2.24) is 4.90 Å². The fraction of sp³-hybridized carbons (Fsp3) is 0.909. The maximum absolute atomic E-state index is 12.4. The maximum atomic E-state index is 12.4. The van der Waals surface area contributed by atoms with Crippen LogP contribution in [0, 0.1) is 0 Å². The van der Waals surface area contributed by atoms with Crippen LogP contribution in [-0.4, -0.2) is 35.6 Å². The molecule has 0 aliphatic rings. The van der Waals surface area contributed by atoms with Gasteiger partial charge in [-0.15, -0.1) is 0 Å². The fourth-order valence-electron chi connectivity index (χ4n) is 1.70. The lowest BCUT2D eigenvalue weighted by Crippen LogP contribution is -2.51. The van der Waals surface area contributed by atoms with Crippen molar-refractivity contribution in [3.05, 3.63) is 0 Å². The molecule has 102 valence electrons. The van der Waals surface area contributed by atoms with Gasteiger partial charge in [-0.05, 0) is 19.3 Å². The van der Waals surface area contributed by atoms with Crippen molar-refractivity contribution in [1.29, 1.82) is 0 Å². The summed E-state index contributed by atoms with van der Waals surface area (Å²) in [5.74, 6) is -0.612. The van der Waals surface area contributed by atoms with Gasteiger partial charge >= 0.3 is 6.18 Å². The van der Waals surface area contributed by atoms with E-state index in [1.165, 1.54) is 0 Å². The number of nitrogens with two attached hydrogens (primary N) is 1. The van der Waals surface area contributed by atoms with Crippen molar-refractivity contribution in [2.75, 3.05) is 6.54 Å². The number of carbonyl (C=O) groups excluding carboxylic acids is 1. The highest BCUT2D eigenvalue weighted by atomic mass is 19.4. The zero-order valence-corrected chi connectivity index (χ0v) is 10.5. The van der Waals surface area contributed by atoms with Crippen LogP contribution < -0.4 is 5.73 Å². The maximum Gasteiger partial charge on any atom is 0.406 e. The second-order valence-corrected chi connectivity index (χ2v) is 4.07. The van der Waals surface area contributed by atoms with Gasteiger partial charge in [-0.3, -0.25) is 4.79 Å². The molecule has 1 amide bonds. The molecule has 0 aliphatic heterocycles. The summed E-state index contributed by atoms with van der Waals surface area (Å²) in [6.07, 6.45) is -3.05. The molecule has 0 aromatic rings. The van der Waals surface area contributed by atoms with Gasteiger partial charge in [0.15, 0.2) is 0 Å². The average Bonchev–Trinajstić information content (AvgIpc) is 2.25. The van der Waals surface area contributed by atoms with E-state index in [2.05, 4.69) is 0 Å². The van der Waals surface area contributed by atoms with Gasteiger partial charge in [-0.1, -0.05) is 20.8 Å². The van der Waals surface area contributed by atoms with Crippen LogP contribution in [-0.2, 0) is 4.79 Å². The van der Waals surface area contributed by atoms with Crippen LogP contribution in [0.15, 0.2) is 0 Å². The minimum Gasteiger partial charge on any atom is -0.329 e. The summed E-state index contributed by atoms with van der Waals surface area (Å²) in [7, 11) is 0. The van der Waals surface area contributed by atoms with E-state index in [1.807, 2.05) is 0 Å². The lowest BCUT2D eigenvalue weighted by Gasteiger charge is -2.33. The summed E-state index contributed by atoms with van der Waals surface area (Å²) in [6.45, 7) is 4.00. The number of hydrogen-bond acceptors (Lipinski definition) is 2. The van der Waals surface area contributed by atoms with Gasteiger partial charge in [0.2, 0.25) is 5.91 Å². The summed E-state index contributed by atoms with van der Waals surface area (Å²) >= 11 is 0. The largest absolute Gasteiger partial charge is 0.406 e. The Morgan fingerprint density at radius 2 is 1.65 bits per heavy atom. The van der Waals surface area contributed by atoms with Crippen molar-refractivity contribution in [2.45, 2.75) is 58.3 Å². The standard InChI is InChI=1S/C11H21F3N2O/c1-4-8(5-2)16(7-11(12,13)14)10(17)9(15)6-3/h8-9H,4-7,15H2,1-3H3/t9-/m0/s1. The van der Waals surface area contributed by atoms with Gasteiger partial charge < -0.3 is 10.6 Å². The summed E-state index contributed by atoms with van der Waals surface area (Å²) in [5.41, 5.74) is 5.52. The molecule has 0 aromatic heterocycles. The molecule has 0 fully saturated rings. The predicted molar refractivity (Wildman–Crippen MR) is 60.4 cm³/mol. The van der Waals surface area contributed by atoms with Crippen LogP contribution in [0.25, 0.3) is 0 Å². The number of amides is 1. The number of rotatable bonds is 6. The molecule has 0 radical (unpaired) electrons. The number of alkyl halides is 3. The van der Waals surface area contributed by atoms with Gasteiger partial charge in [0, 0.05) is 6.04 Å². The Hall–Kier alpha value is -0.780. The molecule has 2 N–H and O–H groups in total. The monoisotopic (exact) mass is 254 g/mol. The SMILES string of the molecule is CCC(CC)N(CC(F)(F)F)C(=O)[C@@H](N)CC. The molecule has 0 saturated carbocycles. The fourth-order valence-corrected chi connectivity index (χ4v) is 1.70. The molecule has 0 spiro atoms. The van der Waals surface area contributed by atoms with E-state index < -0.39 is 30.7 Å². The van der Waals surface area contributed by atoms with E-state index in [1.54, 1.807) is 20.8 Å². The Balaban J connectivity index is 4.90. The molecule has 0 heterocycles. The van der Waals surface area contributed by atoms with Crippen LogP contribution in [0.2, 0.25) is 0 Å². The van der Waals surface area contributed by atoms with Crippen molar-refractivity contribution in [2.24, 2.45) is 5.73 Å². The first-order valence-corrected chi connectivity index (χ1v) is 5.89. The van der Waals surface area contributed by atoms with Gasteiger partial charge in [-0.25, -0.2) is 0 Å². The number of halogens is 3. The zero-order valence-electron chi connectivity index (χ0n) is 10.5. The molecular formula is C11H21F3N2O. The average molecular weight is 254 g/mol. The topological polar surface area (TPSA) is 46.3 Å². The number of hydrogen-bond donors (Lipinski definition) is 1. The van der Waals surface area contributed by atoms with Crippen LogP contribution in [0.4, 0.5) is 13.2 Å². The molecule has 3 nitrogen and oxygen atoms in total. The van der Waals surface area contributed by atoms with E-state index in [0.717, 1.165) is 4.90 Å². The van der Waals surface area contributed by atoms with Crippen LogP contribution >= 0.6 is 0 Å². The van der Waals surface area contributed by atoms with Crippen molar-refractivity contribution in [3.63, 3.8) is 0 Å². The summed E-state index contributed by atoms with van der Waals surface area (Å²) in [4.78, 5) is 12.7. The van der Waals surface area contributed by atoms with Crippen LogP contribution in [0.1, 0.15) is 40.0 Å².